The average molecular weight is 243 g/mol. The summed E-state index contributed by atoms with van der Waals surface area (Å²) in [5, 5.41) is 1.90. The van der Waals surface area contributed by atoms with Crippen LogP contribution in [0.3, 0.4) is 0 Å². The van der Waals surface area contributed by atoms with E-state index in [1.165, 1.54) is 0 Å². The van der Waals surface area contributed by atoms with Gasteiger partial charge in [-0.2, -0.15) is 0 Å². The van der Waals surface area contributed by atoms with Gasteiger partial charge >= 0.3 is 0 Å². The average Bonchev–Trinajstić information content (AvgIpc) is 2.38. The molecule has 3 nitrogen and oxygen atoms in total. The number of pyridine rings is 1. The fraction of sp³-hybridized carbons (Fsp3) is 0.333. The van der Waals surface area contributed by atoms with E-state index in [0.29, 0.717) is 5.56 Å². The summed E-state index contributed by atoms with van der Waals surface area (Å²) in [6, 6.07) is 7.55. The lowest BCUT2D eigenvalue weighted by Crippen LogP contribution is -2.28. The van der Waals surface area contributed by atoms with E-state index >= 15 is 0 Å². The number of ether oxygens (including phenoxy) is 1. The summed E-state index contributed by atoms with van der Waals surface area (Å²) in [5.41, 5.74) is 0.704. The number of hydrogen-bond acceptors (Lipinski definition) is 3. The van der Waals surface area contributed by atoms with Crippen molar-refractivity contribution in [1.82, 2.24) is 4.98 Å². The zero-order valence-corrected chi connectivity index (χ0v) is 10.9. The number of ketones is 1. The van der Waals surface area contributed by atoms with Gasteiger partial charge in [0.15, 0.2) is 5.78 Å². The summed E-state index contributed by atoms with van der Waals surface area (Å²) in [6.45, 7) is 3.97. The molecule has 0 bridgehead atoms. The molecule has 2 rings (SSSR count). The smallest absolute Gasteiger partial charge is 0.192 e. The molecular formula is C15H17NO2. The van der Waals surface area contributed by atoms with Crippen molar-refractivity contribution in [3.63, 3.8) is 0 Å². The number of fused-ring (bicyclic) bond motifs is 1. The van der Waals surface area contributed by atoms with Crippen LogP contribution < -0.4 is 0 Å². The van der Waals surface area contributed by atoms with Crippen LogP contribution in [0, 0.1) is 5.92 Å². The first-order chi connectivity index (χ1) is 8.65. The van der Waals surface area contributed by atoms with Crippen LogP contribution in [0.25, 0.3) is 10.8 Å². The Morgan fingerprint density at radius 1 is 1.28 bits per heavy atom. The number of carbonyl (C=O) groups is 1. The molecule has 0 aliphatic heterocycles. The Labute approximate surface area is 107 Å². The second-order valence-corrected chi connectivity index (χ2v) is 4.67. The van der Waals surface area contributed by atoms with E-state index in [4.69, 9.17) is 4.74 Å². The van der Waals surface area contributed by atoms with Crippen LogP contribution >= 0.6 is 0 Å². The third-order valence-electron chi connectivity index (χ3n) is 3.06. The molecule has 1 heterocycles. The van der Waals surface area contributed by atoms with Crippen molar-refractivity contribution in [2.24, 2.45) is 5.92 Å². The normalized spacial score (nSPS) is 12.9. The molecule has 3 heteroatoms. The lowest BCUT2D eigenvalue weighted by molar-refractivity contribution is 0.0460. The molecule has 2 aromatic rings. The van der Waals surface area contributed by atoms with Gasteiger partial charge in [-0.1, -0.05) is 32.0 Å². The second kappa shape index (κ2) is 5.27. The Hall–Kier alpha value is -1.74. The number of nitrogens with zero attached hydrogens (tertiary/aromatic N) is 1. The van der Waals surface area contributed by atoms with Crippen LogP contribution in [0.4, 0.5) is 0 Å². The van der Waals surface area contributed by atoms with Gasteiger partial charge in [0.2, 0.25) is 0 Å². The van der Waals surface area contributed by atoms with Gasteiger partial charge in [0.1, 0.15) is 6.10 Å². The van der Waals surface area contributed by atoms with Crippen molar-refractivity contribution >= 4 is 16.6 Å². The Morgan fingerprint density at radius 3 is 2.72 bits per heavy atom. The predicted molar refractivity (Wildman–Crippen MR) is 71.7 cm³/mol. The first-order valence-corrected chi connectivity index (χ1v) is 6.05. The molecular weight excluding hydrogens is 226 g/mol. The number of methoxy groups -OCH3 is 1. The molecule has 0 saturated carbocycles. The molecule has 0 fully saturated rings. The Morgan fingerprint density at radius 2 is 2.06 bits per heavy atom. The minimum atomic E-state index is -0.399. The van der Waals surface area contributed by atoms with Crippen molar-refractivity contribution in [2.75, 3.05) is 7.11 Å². The van der Waals surface area contributed by atoms with Crippen LogP contribution in [0.15, 0.2) is 36.7 Å². The van der Waals surface area contributed by atoms with E-state index < -0.39 is 6.10 Å². The lowest BCUT2D eigenvalue weighted by atomic mass is 9.94. The Kier molecular flexibility index (Phi) is 3.72. The van der Waals surface area contributed by atoms with Crippen LogP contribution in [-0.2, 0) is 4.74 Å². The van der Waals surface area contributed by atoms with Gasteiger partial charge in [-0.15, -0.1) is 0 Å². The van der Waals surface area contributed by atoms with E-state index in [2.05, 4.69) is 4.98 Å². The maximum atomic E-state index is 12.5. The zero-order chi connectivity index (χ0) is 13.1. The van der Waals surface area contributed by atoms with Gasteiger partial charge in [-0.3, -0.25) is 9.78 Å². The van der Waals surface area contributed by atoms with Crippen molar-refractivity contribution in [3.05, 3.63) is 42.2 Å². The Balaban J connectivity index is 2.51. The van der Waals surface area contributed by atoms with Crippen molar-refractivity contribution in [3.8, 4) is 0 Å². The van der Waals surface area contributed by atoms with E-state index in [0.717, 1.165) is 10.8 Å². The molecule has 0 saturated heterocycles. The Bertz CT molecular complexity index is 558. The molecule has 0 radical (unpaired) electrons. The standard InChI is InChI=1S/C15H17NO2/c1-10(2)15(18-3)14(17)13-6-4-5-11-9-16-8-7-12(11)13/h4-10,15H,1-3H3. The number of benzene rings is 1. The highest BCUT2D eigenvalue weighted by atomic mass is 16.5. The van der Waals surface area contributed by atoms with E-state index in [-0.39, 0.29) is 11.7 Å². The molecule has 1 aromatic carbocycles. The summed E-state index contributed by atoms with van der Waals surface area (Å²) in [6.07, 6.45) is 3.07. The number of aromatic nitrogens is 1. The maximum Gasteiger partial charge on any atom is 0.192 e. The first-order valence-electron chi connectivity index (χ1n) is 6.05. The van der Waals surface area contributed by atoms with Gasteiger partial charge in [-0.05, 0) is 17.4 Å². The molecule has 0 aliphatic carbocycles. The summed E-state index contributed by atoms with van der Waals surface area (Å²) >= 11 is 0. The van der Waals surface area contributed by atoms with E-state index in [9.17, 15) is 4.79 Å². The fourth-order valence-corrected chi connectivity index (χ4v) is 2.17. The van der Waals surface area contributed by atoms with Gasteiger partial charge in [0, 0.05) is 30.5 Å². The molecule has 1 aromatic heterocycles. The molecule has 0 spiro atoms. The summed E-state index contributed by atoms with van der Waals surface area (Å²) in [4.78, 5) is 16.6. The summed E-state index contributed by atoms with van der Waals surface area (Å²) in [7, 11) is 1.58. The molecule has 1 unspecified atom stereocenters. The number of carbonyl (C=O) groups excluding carboxylic acids is 1. The topological polar surface area (TPSA) is 39.2 Å². The highest BCUT2D eigenvalue weighted by molar-refractivity contribution is 6.10. The minimum absolute atomic E-state index is 0.0318. The van der Waals surface area contributed by atoms with Gasteiger partial charge in [-0.25, -0.2) is 0 Å². The largest absolute Gasteiger partial charge is 0.373 e. The lowest BCUT2D eigenvalue weighted by Gasteiger charge is -2.18. The maximum absolute atomic E-state index is 12.5. The third kappa shape index (κ3) is 2.27. The van der Waals surface area contributed by atoms with E-state index in [1.54, 1.807) is 19.5 Å². The molecule has 0 aliphatic rings. The molecule has 94 valence electrons. The van der Waals surface area contributed by atoms with E-state index in [1.807, 2.05) is 38.1 Å². The minimum Gasteiger partial charge on any atom is -0.373 e. The molecule has 1 atom stereocenters. The van der Waals surface area contributed by atoms with Crippen LogP contribution in [-0.4, -0.2) is 24.0 Å². The van der Waals surface area contributed by atoms with Crippen LogP contribution in [0.5, 0.6) is 0 Å². The summed E-state index contributed by atoms with van der Waals surface area (Å²) in [5.74, 6) is 0.184. The quantitative estimate of drug-likeness (QED) is 0.775. The third-order valence-corrected chi connectivity index (χ3v) is 3.06. The van der Waals surface area contributed by atoms with Crippen LogP contribution in [0.2, 0.25) is 0 Å². The first kappa shape index (κ1) is 12.7. The predicted octanol–water partition coefficient (Wildman–Crippen LogP) is 3.09. The van der Waals surface area contributed by atoms with Crippen molar-refractivity contribution in [2.45, 2.75) is 20.0 Å². The highest BCUT2D eigenvalue weighted by Crippen LogP contribution is 2.21. The van der Waals surface area contributed by atoms with Crippen LogP contribution in [0.1, 0.15) is 24.2 Å². The highest BCUT2D eigenvalue weighted by Gasteiger charge is 2.24. The zero-order valence-electron chi connectivity index (χ0n) is 10.9. The molecule has 0 N–H and O–H groups in total. The summed E-state index contributed by atoms with van der Waals surface area (Å²) < 4.78 is 5.31. The van der Waals surface area contributed by atoms with Gasteiger partial charge in [0.25, 0.3) is 0 Å². The van der Waals surface area contributed by atoms with Gasteiger partial charge < -0.3 is 4.74 Å². The van der Waals surface area contributed by atoms with Crippen molar-refractivity contribution < 1.29 is 9.53 Å². The van der Waals surface area contributed by atoms with Crippen molar-refractivity contribution in [1.29, 1.82) is 0 Å². The molecule has 0 amide bonds. The molecule has 18 heavy (non-hydrogen) atoms. The fourth-order valence-electron chi connectivity index (χ4n) is 2.17. The number of Topliss-reactive ketones (excluding diaryl/α,β-unsaturated/α-hetero) is 1. The SMILES string of the molecule is COC(C(=O)c1cccc2cnccc12)C(C)C. The number of rotatable bonds is 4. The second-order valence-electron chi connectivity index (χ2n) is 4.67. The van der Waals surface area contributed by atoms with Gasteiger partial charge in [0.05, 0.1) is 0 Å². The monoisotopic (exact) mass is 243 g/mol. The number of hydrogen-bond donors (Lipinski definition) is 0.